The molecule has 1 aliphatic rings. The number of carbonyl (C=O) groups is 4. The van der Waals surface area contributed by atoms with Gasteiger partial charge in [0, 0.05) is 47.5 Å². The molecule has 0 unspecified atom stereocenters. The molecule has 0 bridgehead atoms. The van der Waals surface area contributed by atoms with Crippen LogP contribution in [0.3, 0.4) is 0 Å². The molecule has 1 saturated heterocycles. The van der Waals surface area contributed by atoms with E-state index in [1.54, 1.807) is 11.1 Å². The fraction of sp³-hybridized carbons (Fsp3) is 0.455. The molecule has 10 nitrogen and oxygen atoms in total. The molecule has 3 aromatic rings. The third-order valence-electron chi connectivity index (χ3n) is 7.91. The second-order valence-electron chi connectivity index (χ2n) is 11.9. The summed E-state index contributed by atoms with van der Waals surface area (Å²) in [6.07, 6.45) is 6.33. The normalized spacial score (nSPS) is 15.7. The van der Waals surface area contributed by atoms with Crippen molar-refractivity contribution in [3.05, 3.63) is 70.3 Å². The summed E-state index contributed by atoms with van der Waals surface area (Å²) in [4.78, 5) is 57.7. The van der Waals surface area contributed by atoms with Crippen molar-refractivity contribution in [2.45, 2.75) is 76.9 Å². The fourth-order valence-corrected chi connectivity index (χ4v) is 5.81. The monoisotopic (exact) mass is 667 g/mol. The van der Waals surface area contributed by atoms with Crippen LogP contribution in [0, 0.1) is 5.92 Å². The number of carbonyl (C=O) groups excluding carboxylic acids is 3. The van der Waals surface area contributed by atoms with Gasteiger partial charge in [-0.1, -0.05) is 73.0 Å². The molecule has 1 fully saturated rings. The predicted octanol–water partition coefficient (Wildman–Crippen LogP) is 4.77. The van der Waals surface area contributed by atoms with Gasteiger partial charge in [-0.05, 0) is 54.5 Å². The molecule has 2 heterocycles. The number of amides is 4. The quantitative estimate of drug-likeness (QED) is 0.189. The number of rotatable bonds is 12. The van der Waals surface area contributed by atoms with E-state index in [0.717, 1.165) is 52.2 Å². The average Bonchev–Trinajstić information content (AvgIpc) is 3.19. The van der Waals surface area contributed by atoms with Gasteiger partial charge in [0.1, 0.15) is 18.1 Å². The van der Waals surface area contributed by atoms with Crippen LogP contribution < -0.4 is 16.0 Å². The van der Waals surface area contributed by atoms with Crippen LogP contribution in [0.4, 0.5) is 4.79 Å². The van der Waals surface area contributed by atoms with E-state index in [4.69, 9.17) is 0 Å². The summed E-state index contributed by atoms with van der Waals surface area (Å²) in [6, 6.07) is 11.5. The minimum atomic E-state index is -1.22. The molecule has 1 aromatic heterocycles. The first-order chi connectivity index (χ1) is 21.1. The predicted molar refractivity (Wildman–Crippen MR) is 173 cm³/mol. The molecule has 3 atom stereocenters. The maximum absolute atomic E-state index is 13.7. The smallest absolute Gasteiger partial charge is 0.326 e. The number of fused-ring (bicyclic) bond motifs is 1. The molecule has 1 aliphatic heterocycles. The van der Waals surface area contributed by atoms with Gasteiger partial charge in [0.05, 0.1) is 0 Å². The van der Waals surface area contributed by atoms with Gasteiger partial charge in [0.15, 0.2) is 0 Å². The Hall–Kier alpha value is -3.86. The third kappa shape index (κ3) is 9.32. The Bertz CT molecular complexity index is 1430. The standard InChI is InChI=1S/C33H42BrN5O5/c1-21(2)17-27(38-33(44)39-15-7-3-4-8-16-39)30(40)36-28(18-22-11-13-24(34)14-12-22)31(41)37-29(32(42)43)19-23-20-35-26-10-6-5-9-25(23)26/h5-6,9-14,20-21,27-29,35H,3-4,7-8,15-19H2,1-2H3,(H,36,40)(H,37,41)(H,38,44)(H,42,43)/t27-,28+,29+/m0/s1. The van der Waals surface area contributed by atoms with E-state index in [9.17, 15) is 24.3 Å². The second-order valence-corrected chi connectivity index (χ2v) is 12.8. The van der Waals surface area contributed by atoms with Crippen LogP contribution in [0.2, 0.25) is 0 Å². The lowest BCUT2D eigenvalue weighted by atomic mass is 10.0. The Morgan fingerprint density at radius 3 is 2.14 bits per heavy atom. The van der Waals surface area contributed by atoms with Crippen molar-refractivity contribution in [1.29, 1.82) is 0 Å². The summed E-state index contributed by atoms with van der Waals surface area (Å²) in [5.74, 6) is -2.18. The zero-order valence-electron chi connectivity index (χ0n) is 25.3. The lowest BCUT2D eigenvalue weighted by Gasteiger charge is -2.28. The van der Waals surface area contributed by atoms with Crippen LogP contribution in [0.5, 0.6) is 0 Å². The number of H-pyrrole nitrogens is 1. The van der Waals surface area contributed by atoms with E-state index < -0.39 is 35.9 Å². The Kier molecular flexibility index (Phi) is 11.8. The number of halogens is 1. The number of carboxylic acid groups (broad SMARTS) is 1. The zero-order valence-corrected chi connectivity index (χ0v) is 26.9. The highest BCUT2D eigenvalue weighted by atomic mass is 79.9. The Balaban J connectivity index is 1.52. The van der Waals surface area contributed by atoms with Crippen molar-refractivity contribution >= 4 is 50.6 Å². The van der Waals surface area contributed by atoms with Crippen LogP contribution in [0.25, 0.3) is 10.9 Å². The number of likely N-dealkylation sites (tertiary alicyclic amines) is 1. The third-order valence-corrected chi connectivity index (χ3v) is 8.44. The van der Waals surface area contributed by atoms with Crippen LogP contribution in [-0.4, -0.2) is 70.0 Å². The topological polar surface area (TPSA) is 144 Å². The number of nitrogens with zero attached hydrogens (tertiary/aromatic N) is 1. The van der Waals surface area contributed by atoms with Gasteiger partial charge in [0.2, 0.25) is 11.8 Å². The first-order valence-electron chi connectivity index (χ1n) is 15.3. The van der Waals surface area contributed by atoms with Gasteiger partial charge in [-0.25, -0.2) is 9.59 Å². The number of urea groups is 1. The van der Waals surface area contributed by atoms with Crippen molar-refractivity contribution in [3.63, 3.8) is 0 Å². The number of hydrogen-bond donors (Lipinski definition) is 5. The summed E-state index contributed by atoms with van der Waals surface area (Å²) in [6.45, 7) is 5.21. The molecule has 4 amide bonds. The molecule has 4 rings (SSSR count). The number of nitrogens with one attached hydrogen (secondary N) is 4. The van der Waals surface area contributed by atoms with Crippen molar-refractivity contribution in [2.24, 2.45) is 5.92 Å². The van der Waals surface area contributed by atoms with Gasteiger partial charge in [-0.3, -0.25) is 9.59 Å². The largest absolute Gasteiger partial charge is 0.480 e. The van der Waals surface area contributed by atoms with Crippen molar-refractivity contribution in [1.82, 2.24) is 25.8 Å². The first-order valence-corrected chi connectivity index (χ1v) is 16.1. The molecule has 11 heteroatoms. The number of aromatic nitrogens is 1. The highest BCUT2D eigenvalue weighted by Crippen LogP contribution is 2.20. The number of para-hydroxylation sites is 1. The maximum Gasteiger partial charge on any atom is 0.326 e. The molecule has 0 aliphatic carbocycles. The van der Waals surface area contributed by atoms with Crippen molar-refractivity contribution < 1.29 is 24.3 Å². The van der Waals surface area contributed by atoms with Gasteiger partial charge >= 0.3 is 12.0 Å². The fourth-order valence-electron chi connectivity index (χ4n) is 5.55. The average molecular weight is 669 g/mol. The second kappa shape index (κ2) is 15.7. The van der Waals surface area contributed by atoms with Crippen LogP contribution in [0.15, 0.2) is 59.2 Å². The van der Waals surface area contributed by atoms with E-state index in [2.05, 4.69) is 36.9 Å². The molecule has 236 valence electrons. The minimum absolute atomic E-state index is 0.0614. The van der Waals surface area contributed by atoms with E-state index in [-0.39, 0.29) is 24.8 Å². The Labute approximate surface area is 266 Å². The summed E-state index contributed by atoms with van der Waals surface area (Å²) >= 11 is 3.42. The van der Waals surface area contributed by atoms with Crippen LogP contribution in [-0.2, 0) is 27.2 Å². The summed E-state index contributed by atoms with van der Waals surface area (Å²) in [5.41, 5.74) is 2.41. The summed E-state index contributed by atoms with van der Waals surface area (Å²) in [5, 5.41) is 19.3. The minimum Gasteiger partial charge on any atom is -0.480 e. The van der Waals surface area contributed by atoms with E-state index in [1.165, 1.54) is 0 Å². The first kappa shape index (κ1) is 33.0. The number of aliphatic carboxylic acids is 1. The van der Waals surface area contributed by atoms with Crippen molar-refractivity contribution in [3.8, 4) is 0 Å². The Morgan fingerprint density at radius 1 is 0.841 bits per heavy atom. The van der Waals surface area contributed by atoms with Gasteiger partial charge in [-0.15, -0.1) is 0 Å². The van der Waals surface area contributed by atoms with Crippen LogP contribution in [0.1, 0.15) is 57.1 Å². The lowest BCUT2D eigenvalue weighted by molar-refractivity contribution is -0.142. The van der Waals surface area contributed by atoms with E-state index >= 15 is 0 Å². The maximum atomic E-state index is 13.7. The van der Waals surface area contributed by atoms with E-state index in [1.807, 2.05) is 62.4 Å². The van der Waals surface area contributed by atoms with Gasteiger partial charge in [0.25, 0.3) is 0 Å². The SMILES string of the molecule is CC(C)C[C@H](NC(=O)N1CCCCCC1)C(=O)N[C@H](Cc1ccc(Br)cc1)C(=O)N[C@H](Cc1c[nH]c2ccccc12)C(=O)O. The summed E-state index contributed by atoms with van der Waals surface area (Å²) in [7, 11) is 0. The molecule has 2 aromatic carbocycles. The number of carboxylic acids is 1. The highest BCUT2D eigenvalue weighted by Gasteiger charge is 2.31. The molecule has 0 saturated carbocycles. The van der Waals surface area contributed by atoms with Gasteiger partial charge in [-0.2, -0.15) is 0 Å². The zero-order chi connectivity index (χ0) is 31.6. The number of benzene rings is 2. The molecule has 5 N–H and O–H groups in total. The lowest BCUT2D eigenvalue weighted by Crippen LogP contribution is -2.58. The molecule has 0 radical (unpaired) electrons. The van der Waals surface area contributed by atoms with Crippen molar-refractivity contribution in [2.75, 3.05) is 13.1 Å². The Morgan fingerprint density at radius 2 is 1.48 bits per heavy atom. The number of aromatic amines is 1. The molecule has 44 heavy (non-hydrogen) atoms. The van der Waals surface area contributed by atoms with E-state index in [0.29, 0.717) is 19.5 Å². The molecular weight excluding hydrogens is 626 g/mol. The number of hydrogen-bond acceptors (Lipinski definition) is 4. The highest BCUT2D eigenvalue weighted by molar-refractivity contribution is 9.10. The molecular formula is C33H42BrN5O5. The van der Waals surface area contributed by atoms with Gasteiger partial charge < -0.3 is 30.9 Å². The summed E-state index contributed by atoms with van der Waals surface area (Å²) < 4.78 is 0.865. The van der Waals surface area contributed by atoms with Crippen LogP contribution >= 0.6 is 15.9 Å². The molecule has 0 spiro atoms.